The number of rotatable bonds is 4. The molecule has 0 atom stereocenters. The van der Waals surface area contributed by atoms with E-state index in [1.807, 2.05) is 0 Å². The number of halogens is 2. The van der Waals surface area contributed by atoms with Crippen molar-refractivity contribution in [2.75, 3.05) is 5.32 Å². The first-order chi connectivity index (χ1) is 8.95. The molecule has 2 rings (SSSR count). The van der Waals surface area contributed by atoms with Gasteiger partial charge in [-0.15, -0.1) is 11.3 Å². The number of nitrogens with zero attached hydrogens (tertiary/aromatic N) is 1. The molecule has 0 saturated heterocycles. The van der Waals surface area contributed by atoms with Gasteiger partial charge in [0.2, 0.25) is 0 Å². The van der Waals surface area contributed by atoms with Crippen LogP contribution in [0.1, 0.15) is 10.6 Å². The maximum atomic E-state index is 13.0. The summed E-state index contributed by atoms with van der Waals surface area (Å²) in [6.07, 6.45) is -0.0602. The van der Waals surface area contributed by atoms with Gasteiger partial charge in [0, 0.05) is 10.6 Å². The van der Waals surface area contributed by atoms with Gasteiger partial charge in [0.05, 0.1) is 17.1 Å². The molecule has 0 spiro atoms. The number of carbonyl (C=O) groups is 1. The van der Waals surface area contributed by atoms with E-state index < -0.39 is 11.8 Å². The molecule has 4 nitrogen and oxygen atoms in total. The van der Waals surface area contributed by atoms with Gasteiger partial charge in [0.1, 0.15) is 5.82 Å². The Hall–Kier alpha value is -1.66. The van der Waals surface area contributed by atoms with E-state index in [1.54, 1.807) is 6.92 Å². The number of carboxylic acids is 1. The van der Waals surface area contributed by atoms with Gasteiger partial charge in [-0.05, 0) is 25.1 Å². The summed E-state index contributed by atoms with van der Waals surface area (Å²) in [5, 5.41) is 12.3. The second-order valence-electron chi connectivity index (χ2n) is 3.85. The highest BCUT2D eigenvalue weighted by Crippen LogP contribution is 2.28. The summed E-state index contributed by atoms with van der Waals surface area (Å²) >= 11 is 6.93. The van der Waals surface area contributed by atoms with Gasteiger partial charge in [-0.1, -0.05) is 11.6 Å². The number of aromatic nitrogens is 1. The fourth-order valence-electron chi connectivity index (χ4n) is 1.48. The molecular weight excluding hydrogens is 291 g/mol. The highest BCUT2D eigenvalue weighted by Gasteiger charge is 2.11. The van der Waals surface area contributed by atoms with Crippen LogP contribution < -0.4 is 5.32 Å². The van der Waals surface area contributed by atoms with Gasteiger partial charge >= 0.3 is 5.97 Å². The Bertz CT molecular complexity index is 630. The number of hydrogen-bond acceptors (Lipinski definition) is 4. The minimum Gasteiger partial charge on any atom is -0.481 e. The predicted octanol–water partition coefficient (Wildman–Crippen LogP) is 3.61. The molecule has 100 valence electrons. The van der Waals surface area contributed by atoms with Crippen LogP contribution in [0.5, 0.6) is 0 Å². The zero-order chi connectivity index (χ0) is 14.0. The van der Waals surface area contributed by atoms with Crippen LogP contribution in [0.3, 0.4) is 0 Å². The average molecular weight is 301 g/mol. The molecule has 7 heteroatoms. The summed E-state index contributed by atoms with van der Waals surface area (Å²) in [5.74, 6) is -1.39. The lowest BCUT2D eigenvalue weighted by atomic mass is 10.3. The number of aliphatic carboxylic acids is 1. The fourth-order valence-corrected chi connectivity index (χ4v) is 2.63. The van der Waals surface area contributed by atoms with Gasteiger partial charge in [-0.25, -0.2) is 9.37 Å². The lowest BCUT2D eigenvalue weighted by Gasteiger charge is -2.03. The van der Waals surface area contributed by atoms with Crippen LogP contribution in [-0.4, -0.2) is 16.1 Å². The van der Waals surface area contributed by atoms with Gasteiger partial charge < -0.3 is 10.4 Å². The second kappa shape index (κ2) is 5.54. The molecule has 1 heterocycles. The molecule has 1 aromatic heterocycles. The molecular formula is C12H10ClFN2O2S. The van der Waals surface area contributed by atoms with Crippen molar-refractivity contribution < 1.29 is 14.3 Å². The SMILES string of the molecule is Cc1nc(Nc2ccc(F)c(Cl)c2)sc1CC(=O)O. The summed E-state index contributed by atoms with van der Waals surface area (Å²) in [4.78, 5) is 15.6. The third kappa shape index (κ3) is 3.42. The Labute approximate surface area is 117 Å². The number of benzene rings is 1. The Morgan fingerprint density at radius 1 is 1.58 bits per heavy atom. The molecule has 2 aromatic rings. The Morgan fingerprint density at radius 3 is 2.95 bits per heavy atom. The smallest absolute Gasteiger partial charge is 0.308 e. The molecule has 0 bridgehead atoms. The Balaban J connectivity index is 2.19. The molecule has 0 saturated carbocycles. The number of hydrogen-bond donors (Lipinski definition) is 2. The first-order valence-corrected chi connectivity index (χ1v) is 6.55. The summed E-state index contributed by atoms with van der Waals surface area (Å²) in [6.45, 7) is 1.75. The quantitative estimate of drug-likeness (QED) is 0.905. The van der Waals surface area contributed by atoms with Gasteiger partial charge in [0.25, 0.3) is 0 Å². The van der Waals surface area contributed by atoms with Crippen LogP contribution in [0.2, 0.25) is 5.02 Å². The normalized spacial score (nSPS) is 10.5. The van der Waals surface area contributed by atoms with Crippen molar-refractivity contribution in [3.63, 3.8) is 0 Å². The molecule has 0 amide bonds. The number of nitrogens with one attached hydrogen (secondary N) is 1. The van der Waals surface area contributed by atoms with Crippen LogP contribution in [-0.2, 0) is 11.2 Å². The first-order valence-electron chi connectivity index (χ1n) is 5.36. The number of aryl methyl sites for hydroxylation is 1. The van der Waals surface area contributed by atoms with Crippen molar-refractivity contribution in [1.82, 2.24) is 4.98 Å². The fraction of sp³-hybridized carbons (Fsp3) is 0.167. The van der Waals surface area contributed by atoms with E-state index >= 15 is 0 Å². The van der Waals surface area contributed by atoms with Crippen molar-refractivity contribution in [1.29, 1.82) is 0 Å². The first kappa shape index (κ1) is 13.8. The predicted molar refractivity (Wildman–Crippen MR) is 72.9 cm³/mol. The molecule has 0 aliphatic carbocycles. The van der Waals surface area contributed by atoms with E-state index in [1.165, 1.54) is 29.5 Å². The van der Waals surface area contributed by atoms with Crippen molar-refractivity contribution in [3.05, 3.63) is 39.6 Å². The van der Waals surface area contributed by atoms with Gasteiger partial charge in [-0.2, -0.15) is 0 Å². The maximum Gasteiger partial charge on any atom is 0.308 e. The van der Waals surface area contributed by atoms with Crippen molar-refractivity contribution in [2.24, 2.45) is 0 Å². The molecule has 0 aliphatic heterocycles. The van der Waals surface area contributed by atoms with Crippen LogP contribution in [0.4, 0.5) is 15.2 Å². The van der Waals surface area contributed by atoms with Crippen LogP contribution in [0.25, 0.3) is 0 Å². The molecule has 19 heavy (non-hydrogen) atoms. The Morgan fingerprint density at radius 2 is 2.32 bits per heavy atom. The molecule has 0 fully saturated rings. The summed E-state index contributed by atoms with van der Waals surface area (Å²) in [7, 11) is 0. The van der Waals surface area contributed by atoms with Crippen molar-refractivity contribution >= 4 is 39.7 Å². The highest BCUT2D eigenvalue weighted by atomic mass is 35.5. The van der Waals surface area contributed by atoms with Crippen LogP contribution in [0.15, 0.2) is 18.2 Å². The zero-order valence-electron chi connectivity index (χ0n) is 9.91. The molecule has 1 aromatic carbocycles. The number of anilines is 2. The molecule has 0 unspecified atom stereocenters. The molecule has 2 N–H and O–H groups in total. The van der Waals surface area contributed by atoms with Crippen LogP contribution >= 0.6 is 22.9 Å². The summed E-state index contributed by atoms with van der Waals surface area (Å²) in [5.41, 5.74) is 1.27. The highest BCUT2D eigenvalue weighted by molar-refractivity contribution is 7.15. The lowest BCUT2D eigenvalue weighted by Crippen LogP contribution is -1.99. The van der Waals surface area contributed by atoms with E-state index in [4.69, 9.17) is 16.7 Å². The Kier molecular flexibility index (Phi) is 4.01. The van der Waals surface area contributed by atoms with E-state index in [0.29, 0.717) is 21.4 Å². The number of thiazole rings is 1. The topological polar surface area (TPSA) is 62.2 Å². The van der Waals surface area contributed by atoms with E-state index in [-0.39, 0.29) is 11.4 Å². The zero-order valence-corrected chi connectivity index (χ0v) is 11.5. The van der Waals surface area contributed by atoms with E-state index in [9.17, 15) is 9.18 Å². The molecule has 0 radical (unpaired) electrons. The standard InChI is InChI=1S/C12H10ClFN2O2S/c1-6-10(5-11(17)18)19-12(15-6)16-7-2-3-9(14)8(13)4-7/h2-4H,5H2,1H3,(H,15,16)(H,17,18). The average Bonchev–Trinajstić information content (AvgIpc) is 2.64. The van der Waals surface area contributed by atoms with Crippen molar-refractivity contribution in [2.45, 2.75) is 13.3 Å². The second-order valence-corrected chi connectivity index (χ2v) is 5.34. The lowest BCUT2D eigenvalue weighted by molar-refractivity contribution is -0.136. The van der Waals surface area contributed by atoms with E-state index in [2.05, 4.69) is 10.3 Å². The minimum absolute atomic E-state index is 0.0176. The largest absolute Gasteiger partial charge is 0.481 e. The molecule has 0 aliphatic rings. The van der Waals surface area contributed by atoms with E-state index in [0.717, 1.165) is 0 Å². The van der Waals surface area contributed by atoms with Gasteiger partial charge in [0.15, 0.2) is 5.13 Å². The monoisotopic (exact) mass is 300 g/mol. The third-order valence-electron chi connectivity index (χ3n) is 2.38. The van der Waals surface area contributed by atoms with Crippen LogP contribution in [0, 0.1) is 12.7 Å². The minimum atomic E-state index is -0.900. The maximum absolute atomic E-state index is 13.0. The summed E-state index contributed by atoms with van der Waals surface area (Å²) < 4.78 is 13.0. The van der Waals surface area contributed by atoms with Gasteiger partial charge in [-0.3, -0.25) is 4.79 Å². The third-order valence-corrected chi connectivity index (χ3v) is 3.74. The summed E-state index contributed by atoms with van der Waals surface area (Å²) in [6, 6.07) is 4.24. The number of carboxylic acid groups (broad SMARTS) is 1. The van der Waals surface area contributed by atoms with Crippen molar-refractivity contribution in [3.8, 4) is 0 Å².